The fourth-order valence-electron chi connectivity index (χ4n) is 4.54. The molecule has 0 unspecified atom stereocenters. The van der Waals surface area contributed by atoms with Crippen molar-refractivity contribution in [1.29, 1.82) is 0 Å². The number of carbonyl (C=O) groups excluding carboxylic acids is 2. The largest absolute Gasteiger partial charge is 0.508 e. The highest BCUT2D eigenvalue weighted by atomic mass is 16.5. The number of aliphatic hydroxyl groups is 1. The highest BCUT2D eigenvalue weighted by Gasteiger charge is 2.45. The van der Waals surface area contributed by atoms with Gasteiger partial charge >= 0.3 is 0 Å². The third-order valence-electron chi connectivity index (χ3n) is 6.35. The Kier molecular flexibility index (Phi) is 7.94. The quantitative estimate of drug-likeness (QED) is 0.253. The average molecular weight is 501 g/mol. The van der Waals surface area contributed by atoms with Gasteiger partial charge in [0.2, 0.25) is 0 Å². The molecule has 1 amide bonds. The van der Waals surface area contributed by atoms with E-state index in [9.17, 15) is 19.8 Å². The number of carbonyl (C=O) groups is 2. The number of likely N-dealkylation sites (tertiary alicyclic amines) is 1. The van der Waals surface area contributed by atoms with Gasteiger partial charge in [-0.25, -0.2) is 0 Å². The number of Topliss-reactive ketones (excluding diaryl/α,β-unsaturated/α-hetero) is 1. The lowest BCUT2D eigenvalue weighted by atomic mass is 9.95. The summed E-state index contributed by atoms with van der Waals surface area (Å²) in [4.78, 5) is 29.7. The molecular formula is C30H32N2O5. The second-order valence-corrected chi connectivity index (χ2v) is 9.55. The lowest BCUT2D eigenvalue weighted by molar-refractivity contribution is -0.139. The monoisotopic (exact) mass is 500 g/mol. The summed E-state index contributed by atoms with van der Waals surface area (Å²) in [6, 6.07) is 20.5. The first-order valence-electron chi connectivity index (χ1n) is 12.3. The summed E-state index contributed by atoms with van der Waals surface area (Å²) in [7, 11) is 3.88. The molecule has 7 nitrogen and oxygen atoms in total. The van der Waals surface area contributed by atoms with Crippen molar-refractivity contribution in [2.75, 3.05) is 27.2 Å². The van der Waals surface area contributed by atoms with E-state index in [4.69, 9.17) is 4.74 Å². The number of ether oxygens (including phenoxy) is 1. The summed E-state index contributed by atoms with van der Waals surface area (Å²) in [5.74, 6) is -1.02. The molecule has 4 rings (SSSR count). The van der Waals surface area contributed by atoms with Crippen LogP contribution >= 0.6 is 0 Å². The van der Waals surface area contributed by atoms with Gasteiger partial charge in [-0.05, 0) is 81.5 Å². The number of nitrogens with zero attached hydrogens (tertiary/aromatic N) is 2. The Morgan fingerprint density at radius 2 is 1.73 bits per heavy atom. The molecule has 1 aliphatic heterocycles. The second-order valence-electron chi connectivity index (χ2n) is 9.55. The highest BCUT2D eigenvalue weighted by molar-refractivity contribution is 6.46. The Labute approximate surface area is 217 Å². The molecule has 3 aromatic carbocycles. The molecule has 192 valence electrons. The predicted molar refractivity (Wildman–Crippen MR) is 142 cm³/mol. The highest BCUT2D eigenvalue weighted by Crippen LogP contribution is 2.40. The van der Waals surface area contributed by atoms with E-state index in [1.165, 1.54) is 17.0 Å². The van der Waals surface area contributed by atoms with E-state index in [0.717, 1.165) is 17.7 Å². The number of hydrogen-bond donors (Lipinski definition) is 2. The maximum Gasteiger partial charge on any atom is 0.295 e. The van der Waals surface area contributed by atoms with E-state index in [0.29, 0.717) is 36.4 Å². The van der Waals surface area contributed by atoms with E-state index < -0.39 is 17.7 Å². The zero-order valence-electron chi connectivity index (χ0n) is 21.3. The summed E-state index contributed by atoms with van der Waals surface area (Å²) in [5, 5.41) is 21.3. The van der Waals surface area contributed by atoms with Crippen LogP contribution in [0, 0.1) is 6.92 Å². The minimum Gasteiger partial charge on any atom is -0.508 e. The molecule has 37 heavy (non-hydrogen) atoms. The van der Waals surface area contributed by atoms with Crippen molar-refractivity contribution in [3.05, 3.63) is 101 Å². The van der Waals surface area contributed by atoms with Crippen molar-refractivity contribution < 1.29 is 24.5 Å². The maximum atomic E-state index is 13.1. The molecule has 7 heteroatoms. The van der Waals surface area contributed by atoms with Crippen LogP contribution in [0.5, 0.6) is 11.5 Å². The van der Waals surface area contributed by atoms with Crippen molar-refractivity contribution in [1.82, 2.24) is 9.80 Å². The first kappa shape index (κ1) is 26.0. The molecule has 3 aromatic rings. The van der Waals surface area contributed by atoms with Crippen molar-refractivity contribution in [3.63, 3.8) is 0 Å². The number of phenolic OH excluding ortho intramolecular Hbond substituents is 1. The van der Waals surface area contributed by atoms with Crippen LogP contribution in [0.15, 0.2) is 78.4 Å². The summed E-state index contributed by atoms with van der Waals surface area (Å²) >= 11 is 0. The minimum atomic E-state index is -0.800. The molecule has 1 fully saturated rings. The number of phenols is 1. The number of aliphatic hydroxyl groups excluding tert-OH is 1. The van der Waals surface area contributed by atoms with Gasteiger partial charge in [0.15, 0.2) is 0 Å². The number of aryl methyl sites for hydroxylation is 1. The number of benzene rings is 3. The predicted octanol–water partition coefficient (Wildman–Crippen LogP) is 4.65. The first-order valence-corrected chi connectivity index (χ1v) is 12.3. The van der Waals surface area contributed by atoms with Gasteiger partial charge in [-0.1, -0.05) is 42.0 Å². The zero-order chi connectivity index (χ0) is 26.5. The Morgan fingerprint density at radius 1 is 1.00 bits per heavy atom. The Morgan fingerprint density at radius 3 is 2.41 bits per heavy atom. The molecule has 1 heterocycles. The first-order chi connectivity index (χ1) is 17.7. The summed E-state index contributed by atoms with van der Waals surface area (Å²) in [5.41, 5.74) is 3.17. The zero-order valence-corrected chi connectivity index (χ0v) is 21.3. The fourth-order valence-corrected chi connectivity index (χ4v) is 4.54. The van der Waals surface area contributed by atoms with Crippen molar-refractivity contribution in [3.8, 4) is 11.5 Å². The molecule has 0 spiro atoms. The van der Waals surface area contributed by atoms with Crippen LogP contribution in [0.25, 0.3) is 5.76 Å². The third-order valence-corrected chi connectivity index (χ3v) is 6.35. The summed E-state index contributed by atoms with van der Waals surface area (Å²) < 4.78 is 5.87. The van der Waals surface area contributed by atoms with Gasteiger partial charge in [-0.15, -0.1) is 0 Å². The molecule has 2 N–H and O–H groups in total. The number of ketones is 1. The van der Waals surface area contributed by atoms with Gasteiger partial charge in [-0.3, -0.25) is 9.59 Å². The van der Waals surface area contributed by atoms with E-state index in [2.05, 4.69) is 6.07 Å². The average Bonchev–Trinajstić information content (AvgIpc) is 3.12. The normalized spacial score (nSPS) is 17.0. The van der Waals surface area contributed by atoms with Crippen LogP contribution < -0.4 is 4.74 Å². The van der Waals surface area contributed by atoms with Crippen LogP contribution in [-0.4, -0.2) is 58.9 Å². The van der Waals surface area contributed by atoms with Crippen LogP contribution in [0.2, 0.25) is 0 Å². The third kappa shape index (κ3) is 6.01. The number of rotatable bonds is 9. The van der Waals surface area contributed by atoms with Crippen molar-refractivity contribution >= 4 is 17.4 Å². The molecule has 1 atom stereocenters. The topological polar surface area (TPSA) is 90.3 Å². The smallest absolute Gasteiger partial charge is 0.295 e. The number of hydrogen-bond acceptors (Lipinski definition) is 6. The van der Waals surface area contributed by atoms with Gasteiger partial charge in [0.1, 0.15) is 23.9 Å². The van der Waals surface area contributed by atoms with E-state index in [-0.39, 0.29) is 17.1 Å². The standard InChI is InChI=1S/C30H32N2O5/c1-20-7-4-8-21(17-20)19-37-25-13-11-22(12-14-25)28(34)26-27(23-9-5-10-24(33)18-23)32(30(36)29(26)35)16-6-15-31(2)3/h4-5,7-14,17-18,27,33-34H,6,15-16,19H2,1-3H3/t27-/m0/s1. The van der Waals surface area contributed by atoms with Crippen LogP contribution in [0.4, 0.5) is 0 Å². The Hall–Kier alpha value is -4.10. The fraction of sp³-hybridized carbons (Fsp3) is 0.267. The lowest BCUT2D eigenvalue weighted by Gasteiger charge is -2.26. The molecule has 0 aromatic heterocycles. The van der Waals surface area contributed by atoms with Crippen molar-refractivity contribution in [2.45, 2.75) is 26.0 Å². The van der Waals surface area contributed by atoms with Gasteiger partial charge in [0.05, 0.1) is 11.6 Å². The van der Waals surface area contributed by atoms with Gasteiger partial charge in [0, 0.05) is 12.1 Å². The van der Waals surface area contributed by atoms with E-state index in [1.807, 2.05) is 44.1 Å². The van der Waals surface area contributed by atoms with Crippen LogP contribution in [-0.2, 0) is 16.2 Å². The molecule has 0 bridgehead atoms. The van der Waals surface area contributed by atoms with E-state index >= 15 is 0 Å². The minimum absolute atomic E-state index is 0.00822. The van der Waals surface area contributed by atoms with Gasteiger partial charge in [0.25, 0.3) is 11.7 Å². The molecule has 0 saturated carbocycles. The summed E-state index contributed by atoms with van der Waals surface area (Å²) in [6.45, 7) is 3.50. The maximum absolute atomic E-state index is 13.1. The molecule has 0 radical (unpaired) electrons. The molecule has 1 saturated heterocycles. The molecule has 1 aliphatic rings. The van der Waals surface area contributed by atoms with Crippen LogP contribution in [0.1, 0.15) is 34.7 Å². The van der Waals surface area contributed by atoms with Gasteiger partial charge < -0.3 is 24.7 Å². The lowest BCUT2D eigenvalue weighted by Crippen LogP contribution is -2.32. The van der Waals surface area contributed by atoms with E-state index in [1.54, 1.807) is 36.4 Å². The Balaban J connectivity index is 1.63. The number of amides is 1. The SMILES string of the molecule is Cc1cccc(COc2ccc(C(O)=C3C(=O)C(=O)N(CCCN(C)C)[C@H]3c3cccc(O)c3)cc2)c1. The second kappa shape index (κ2) is 11.3. The van der Waals surface area contributed by atoms with Crippen molar-refractivity contribution in [2.24, 2.45) is 0 Å². The Bertz CT molecular complexity index is 1310. The van der Waals surface area contributed by atoms with Crippen LogP contribution in [0.3, 0.4) is 0 Å². The molecule has 0 aliphatic carbocycles. The van der Waals surface area contributed by atoms with Gasteiger partial charge in [-0.2, -0.15) is 0 Å². The molecular weight excluding hydrogens is 468 g/mol. The summed E-state index contributed by atoms with van der Waals surface area (Å²) in [6.07, 6.45) is 0.655. The number of aromatic hydroxyl groups is 1.